The van der Waals surface area contributed by atoms with Gasteiger partial charge in [0, 0.05) is 6.20 Å². The summed E-state index contributed by atoms with van der Waals surface area (Å²) in [7, 11) is 1.39. The zero-order chi connectivity index (χ0) is 15.0. The third-order valence-electron chi connectivity index (χ3n) is 2.28. The standard InChI is InChI=1S/C8H7FO2.C6H4FNO/c1-11-8-4-2-3-7(9)6(8)5-10;7-6-3-8-2-1-5(6)4-9/h2-5H,1H3;1-4H. The Labute approximate surface area is 114 Å². The number of hydrogen-bond acceptors (Lipinski definition) is 4. The van der Waals surface area contributed by atoms with Gasteiger partial charge in [-0.2, -0.15) is 0 Å². The van der Waals surface area contributed by atoms with Gasteiger partial charge in [0.2, 0.25) is 0 Å². The molecule has 0 saturated carbocycles. The highest BCUT2D eigenvalue weighted by atomic mass is 19.1. The van der Waals surface area contributed by atoms with Crippen molar-refractivity contribution >= 4 is 12.6 Å². The van der Waals surface area contributed by atoms with Crippen LogP contribution in [-0.2, 0) is 0 Å². The van der Waals surface area contributed by atoms with Crippen molar-refractivity contribution < 1.29 is 23.1 Å². The van der Waals surface area contributed by atoms with Gasteiger partial charge in [-0.25, -0.2) is 8.78 Å². The molecule has 0 unspecified atom stereocenters. The maximum Gasteiger partial charge on any atom is 0.156 e. The highest BCUT2D eigenvalue weighted by Crippen LogP contribution is 2.18. The summed E-state index contributed by atoms with van der Waals surface area (Å²) in [5, 5.41) is 0. The second-order valence-electron chi connectivity index (χ2n) is 3.49. The van der Waals surface area contributed by atoms with Crippen molar-refractivity contribution in [2.75, 3.05) is 7.11 Å². The smallest absolute Gasteiger partial charge is 0.156 e. The number of hydrogen-bond donors (Lipinski definition) is 0. The fourth-order valence-electron chi connectivity index (χ4n) is 1.29. The molecule has 0 spiro atoms. The second-order valence-corrected chi connectivity index (χ2v) is 3.49. The lowest BCUT2D eigenvalue weighted by Gasteiger charge is -2.01. The molecule has 0 aliphatic rings. The van der Waals surface area contributed by atoms with Gasteiger partial charge < -0.3 is 4.74 Å². The Morgan fingerprint density at radius 2 is 1.85 bits per heavy atom. The summed E-state index contributed by atoms with van der Waals surface area (Å²) in [5.74, 6) is -0.869. The van der Waals surface area contributed by atoms with E-state index in [1.807, 2.05) is 0 Å². The SMILES string of the molecule is COc1cccc(F)c1C=O.O=Cc1ccncc1F. The van der Waals surface area contributed by atoms with Gasteiger partial charge in [-0.15, -0.1) is 0 Å². The molecule has 4 nitrogen and oxygen atoms in total. The summed E-state index contributed by atoms with van der Waals surface area (Å²) >= 11 is 0. The summed E-state index contributed by atoms with van der Waals surface area (Å²) in [6.45, 7) is 0. The molecule has 104 valence electrons. The van der Waals surface area contributed by atoms with E-state index in [1.54, 1.807) is 0 Å². The first-order valence-corrected chi connectivity index (χ1v) is 5.46. The van der Waals surface area contributed by atoms with E-state index in [-0.39, 0.29) is 16.9 Å². The first-order chi connectivity index (χ1) is 9.63. The number of carbonyl (C=O) groups is 2. The third-order valence-corrected chi connectivity index (χ3v) is 2.28. The molecule has 2 aromatic rings. The van der Waals surface area contributed by atoms with E-state index in [1.165, 1.54) is 37.6 Å². The molecule has 0 radical (unpaired) electrons. The number of aromatic nitrogens is 1. The van der Waals surface area contributed by atoms with Crippen LogP contribution in [0.25, 0.3) is 0 Å². The van der Waals surface area contributed by atoms with Crippen molar-refractivity contribution in [2.45, 2.75) is 0 Å². The second kappa shape index (κ2) is 7.73. The number of methoxy groups -OCH3 is 1. The first-order valence-electron chi connectivity index (χ1n) is 5.46. The van der Waals surface area contributed by atoms with Gasteiger partial charge in [0.25, 0.3) is 0 Å². The van der Waals surface area contributed by atoms with Gasteiger partial charge in [-0.05, 0) is 18.2 Å². The summed E-state index contributed by atoms with van der Waals surface area (Å²) in [5.41, 5.74) is 0.0139. The molecular weight excluding hydrogens is 268 g/mol. The van der Waals surface area contributed by atoms with Crippen molar-refractivity contribution in [1.82, 2.24) is 4.98 Å². The summed E-state index contributed by atoms with van der Waals surface area (Å²) in [6.07, 6.45) is 3.27. The van der Waals surface area contributed by atoms with E-state index < -0.39 is 11.6 Å². The van der Waals surface area contributed by atoms with Crippen LogP contribution in [0.1, 0.15) is 20.7 Å². The van der Waals surface area contributed by atoms with Crippen molar-refractivity contribution in [1.29, 1.82) is 0 Å². The van der Waals surface area contributed by atoms with Crippen LogP contribution >= 0.6 is 0 Å². The predicted octanol–water partition coefficient (Wildman–Crippen LogP) is 2.68. The zero-order valence-electron chi connectivity index (χ0n) is 10.5. The van der Waals surface area contributed by atoms with Gasteiger partial charge in [-0.3, -0.25) is 14.6 Å². The largest absolute Gasteiger partial charge is 0.496 e. The Bertz CT molecular complexity index is 603. The highest BCUT2D eigenvalue weighted by Gasteiger charge is 2.05. The Morgan fingerprint density at radius 1 is 1.10 bits per heavy atom. The molecule has 0 saturated heterocycles. The molecule has 6 heteroatoms. The summed E-state index contributed by atoms with van der Waals surface area (Å²) < 4.78 is 29.8. The van der Waals surface area contributed by atoms with Crippen LogP contribution in [-0.4, -0.2) is 24.7 Å². The van der Waals surface area contributed by atoms with Crippen LogP contribution < -0.4 is 4.74 Å². The number of halogens is 2. The fourth-order valence-corrected chi connectivity index (χ4v) is 1.29. The molecule has 0 amide bonds. The molecule has 0 aliphatic carbocycles. The zero-order valence-corrected chi connectivity index (χ0v) is 10.5. The van der Waals surface area contributed by atoms with Crippen molar-refractivity contribution in [2.24, 2.45) is 0 Å². The van der Waals surface area contributed by atoms with Crippen molar-refractivity contribution in [3.05, 3.63) is 59.4 Å². The van der Waals surface area contributed by atoms with Gasteiger partial charge in [0.05, 0.1) is 24.4 Å². The molecule has 0 aliphatic heterocycles. The summed E-state index contributed by atoms with van der Waals surface area (Å²) in [4.78, 5) is 23.7. The molecule has 0 fully saturated rings. The average molecular weight is 279 g/mol. The van der Waals surface area contributed by atoms with Crippen LogP contribution in [0.2, 0.25) is 0 Å². The van der Waals surface area contributed by atoms with Crippen molar-refractivity contribution in [3.63, 3.8) is 0 Å². The Balaban J connectivity index is 0.000000204. The van der Waals surface area contributed by atoms with E-state index in [0.717, 1.165) is 6.20 Å². The van der Waals surface area contributed by atoms with Crippen LogP contribution in [0.3, 0.4) is 0 Å². The number of benzene rings is 1. The van der Waals surface area contributed by atoms with Crippen molar-refractivity contribution in [3.8, 4) is 5.75 Å². The predicted molar refractivity (Wildman–Crippen MR) is 67.9 cm³/mol. The van der Waals surface area contributed by atoms with Crippen LogP contribution in [0.15, 0.2) is 36.7 Å². The normalized spacial score (nSPS) is 9.15. The lowest BCUT2D eigenvalue weighted by atomic mass is 10.2. The van der Waals surface area contributed by atoms with Gasteiger partial charge in [0.15, 0.2) is 18.4 Å². The molecule has 0 N–H and O–H groups in total. The first kappa shape index (κ1) is 15.4. The monoisotopic (exact) mass is 279 g/mol. The molecule has 1 aromatic heterocycles. The van der Waals surface area contributed by atoms with E-state index in [9.17, 15) is 18.4 Å². The maximum absolute atomic E-state index is 12.7. The molecule has 0 bridgehead atoms. The van der Waals surface area contributed by atoms with Gasteiger partial charge >= 0.3 is 0 Å². The van der Waals surface area contributed by atoms with E-state index in [4.69, 9.17) is 4.74 Å². The average Bonchev–Trinajstić information content (AvgIpc) is 2.48. The Kier molecular flexibility index (Phi) is 5.96. The fraction of sp³-hybridized carbons (Fsp3) is 0.0714. The number of nitrogens with zero attached hydrogens (tertiary/aromatic N) is 1. The summed E-state index contributed by atoms with van der Waals surface area (Å²) in [6, 6.07) is 5.56. The molecule has 0 atom stereocenters. The Morgan fingerprint density at radius 3 is 2.30 bits per heavy atom. The number of carbonyl (C=O) groups excluding carboxylic acids is 2. The number of ether oxygens (including phenoxy) is 1. The number of pyridine rings is 1. The minimum atomic E-state index is -0.576. The van der Waals surface area contributed by atoms with Crippen LogP contribution in [0.4, 0.5) is 8.78 Å². The lowest BCUT2D eigenvalue weighted by molar-refractivity contribution is 0.111. The Hall–Kier alpha value is -2.63. The molecule has 1 aromatic carbocycles. The quantitative estimate of drug-likeness (QED) is 0.810. The molecule has 20 heavy (non-hydrogen) atoms. The van der Waals surface area contributed by atoms with E-state index >= 15 is 0 Å². The molecule has 1 heterocycles. The number of rotatable bonds is 3. The number of aldehydes is 2. The molecule has 2 rings (SSSR count). The lowest BCUT2D eigenvalue weighted by Crippen LogP contribution is -1.93. The third kappa shape index (κ3) is 3.94. The van der Waals surface area contributed by atoms with E-state index in [2.05, 4.69) is 4.98 Å². The van der Waals surface area contributed by atoms with Crippen LogP contribution in [0, 0.1) is 11.6 Å². The molecular formula is C14H11F2NO3. The minimum Gasteiger partial charge on any atom is -0.496 e. The topological polar surface area (TPSA) is 56.3 Å². The minimum absolute atomic E-state index is 0.0324. The maximum atomic E-state index is 12.7. The van der Waals surface area contributed by atoms with Crippen LogP contribution in [0.5, 0.6) is 5.75 Å². The van der Waals surface area contributed by atoms with Gasteiger partial charge in [0.1, 0.15) is 11.6 Å². The van der Waals surface area contributed by atoms with E-state index in [0.29, 0.717) is 12.6 Å². The van der Waals surface area contributed by atoms with Gasteiger partial charge in [-0.1, -0.05) is 6.07 Å². The highest BCUT2D eigenvalue weighted by molar-refractivity contribution is 5.79.